The molecule has 0 aliphatic heterocycles. The average Bonchev–Trinajstić information content (AvgIpc) is 2.51. The number of benzene rings is 1. The van der Waals surface area contributed by atoms with Gasteiger partial charge in [-0.05, 0) is 72.2 Å². The Balaban J connectivity index is 2.70. The molecule has 0 saturated heterocycles. The van der Waals surface area contributed by atoms with Gasteiger partial charge in [-0.25, -0.2) is 24.4 Å². The lowest BCUT2D eigenvalue weighted by molar-refractivity contribution is 0.00108. The van der Waals surface area contributed by atoms with Crippen molar-refractivity contribution < 1.29 is 28.2 Å². The van der Waals surface area contributed by atoms with Crippen molar-refractivity contribution in [2.45, 2.75) is 65.6 Å². The molecule has 0 saturated carbocycles. The van der Waals surface area contributed by atoms with Gasteiger partial charge in [0.05, 0.1) is 0 Å². The Morgan fingerprint density at radius 1 is 0.964 bits per heavy atom. The Kier molecular flexibility index (Phi) is 7.96. The smallest absolute Gasteiger partial charge is 0.429 e. The largest absolute Gasteiger partial charge is 0.443 e. The average molecular weight is 396 g/mol. The van der Waals surface area contributed by atoms with Crippen LogP contribution in [0, 0.1) is 5.82 Å². The van der Waals surface area contributed by atoms with Crippen molar-refractivity contribution in [3.63, 3.8) is 0 Å². The van der Waals surface area contributed by atoms with E-state index in [4.69, 9.17) is 9.47 Å². The van der Waals surface area contributed by atoms with E-state index in [0.717, 1.165) is 5.01 Å². The van der Waals surface area contributed by atoms with Crippen molar-refractivity contribution in [2.75, 3.05) is 6.54 Å². The maximum Gasteiger partial charge on any atom is 0.429 e. The second kappa shape index (κ2) is 9.52. The second-order valence-corrected chi connectivity index (χ2v) is 8.28. The molecule has 0 aliphatic rings. The molecular formula is C20H29FN2O5. The molecule has 8 heteroatoms. The van der Waals surface area contributed by atoms with Crippen LogP contribution >= 0.6 is 0 Å². The first-order valence-corrected chi connectivity index (χ1v) is 9.06. The first kappa shape index (κ1) is 23.4. The number of Topliss-reactive ketones (excluding diaryl/α,β-unsaturated/α-hetero) is 1. The van der Waals surface area contributed by atoms with E-state index in [1.54, 1.807) is 41.5 Å². The minimum atomic E-state index is -0.803. The van der Waals surface area contributed by atoms with Gasteiger partial charge >= 0.3 is 12.2 Å². The van der Waals surface area contributed by atoms with E-state index in [-0.39, 0.29) is 25.2 Å². The van der Waals surface area contributed by atoms with Crippen LogP contribution in [0.5, 0.6) is 0 Å². The molecule has 1 aromatic rings. The number of hydrogen-bond acceptors (Lipinski definition) is 5. The molecule has 7 nitrogen and oxygen atoms in total. The SMILES string of the molecule is CC(C)(C)OC(=O)NN(CCCC(=O)c1ccc(F)cc1)C(=O)OC(C)(C)C. The highest BCUT2D eigenvalue weighted by atomic mass is 19.1. The molecule has 156 valence electrons. The van der Waals surface area contributed by atoms with Gasteiger partial charge in [0.1, 0.15) is 17.0 Å². The molecule has 0 spiro atoms. The number of nitrogens with one attached hydrogen (secondary N) is 1. The molecule has 1 rings (SSSR count). The number of hydrazine groups is 1. The molecule has 2 amide bonds. The third kappa shape index (κ3) is 9.34. The van der Waals surface area contributed by atoms with Gasteiger partial charge in [0, 0.05) is 18.5 Å². The summed E-state index contributed by atoms with van der Waals surface area (Å²) in [4.78, 5) is 36.5. The predicted molar refractivity (Wildman–Crippen MR) is 102 cm³/mol. The first-order valence-electron chi connectivity index (χ1n) is 9.06. The van der Waals surface area contributed by atoms with Gasteiger partial charge in [0.25, 0.3) is 0 Å². The lowest BCUT2D eigenvalue weighted by Gasteiger charge is -2.28. The minimum absolute atomic E-state index is 0.0427. The summed E-state index contributed by atoms with van der Waals surface area (Å²) in [7, 11) is 0. The lowest BCUT2D eigenvalue weighted by Crippen LogP contribution is -2.50. The monoisotopic (exact) mass is 396 g/mol. The summed E-state index contributed by atoms with van der Waals surface area (Å²) >= 11 is 0. The summed E-state index contributed by atoms with van der Waals surface area (Å²) < 4.78 is 23.4. The fourth-order valence-electron chi connectivity index (χ4n) is 2.10. The Labute approximate surface area is 165 Å². The fourth-order valence-corrected chi connectivity index (χ4v) is 2.10. The number of nitrogens with zero attached hydrogens (tertiary/aromatic N) is 1. The molecule has 0 bridgehead atoms. The number of carbonyl (C=O) groups is 3. The predicted octanol–water partition coefficient (Wildman–Crippen LogP) is 4.47. The Bertz CT molecular complexity index is 690. The summed E-state index contributed by atoms with van der Waals surface area (Å²) in [5, 5.41) is 0.983. The van der Waals surface area contributed by atoms with Gasteiger partial charge < -0.3 is 9.47 Å². The molecule has 0 aromatic heterocycles. The van der Waals surface area contributed by atoms with Gasteiger partial charge in [-0.15, -0.1) is 0 Å². The van der Waals surface area contributed by atoms with Crippen LogP contribution in [-0.2, 0) is 9.47 Å². The van der Waals surface area contributed by atoms with E-state index in [0.29, 0.717) is 5.56 Å². The van der Waals surface area contributed by atoms with Crippen LogP contribution in [0.4, 0.5) is 14.0 Å². The maximum absolute atomic E-state index is 12.9. The maximum atomic E-state index is 12.9. The van der Waals surface area contributed by atoms with Gasteiger partial charge in [-0.2, -0.15) is 0 Å². The van der Waals surface area contributed by atoms with Gasteiger partial charge in [0.2, 0.25) is 0 Å². The van der Waals surface area contributed by atoms with E-state index in [9.17, 15) is 18.8 Å². The van der Waals surface area contributed by atoms with Gasteiger partial charge in [-0.3, -0.25) is 4.79 Å². The summed E-state index contributed by atoms with van der Waals surface area (Å²) in [6.07, 6.45) is -1.18. The van der Waals surface area contributed by atoms with Crippen LogP contribution in [0.25, 0.3) is 0 Å². The van der Waals surface area contributed by atoms with Crippen molar-refractivity contribution in [2.24, 2.45) is 0 Å². The van der Waals surface area contributed by atoms with E-state index >= 15 is 0 Å². The van der Waals surface area contributed by atoms with Crippen molar-refractivity contribution in [3.05, 3.63) is 35.6 Å². The molecule has 28 heavy (non-hydrogen) atoms. The highest BCUT2D eigenvalue weighted by Gasteiger charge is 2.26. The summed E-state index contributed by atoms with van der Waals surface area (Å²) in [6.45, 7) is 10.3. The quantitative estimate of drug-likeness (QED) is 0.586. The molecule has 1 N–H and O–H groups in total. The first-order chi connectivity index (χ1) is 12.8. The number of amides is 2. The van der Waals surface area contributed by atoms with Crippen molar-refractivity contribution in [3.8, 4) is 0 Å². The minimum Gasteiger partial charge on any atom is -0.443 e. The second-order valence-electron chi connectivity index (χ2n) is 8.28. The molecular weight excluding hydrogens is 367 g/mol. The Hall–Kier alpha value is -2.64. The summed E-state index contributed by atoms with van der Waals surface area (Å²) in [5.41, 5.74) is 1.24. The van der Waals surface area contributed by atoms with Crippen molar-refractivity contribution >= 4 is 18.0 Å². The number of ketones is 1. The fraction of sp³-hybridized carbons (Fsp3) is 0.550. The number of ether oxygens (including phenoxy) is 2. The molecule has 0 unspecified atom stereocenters. The number of rotatable bonds is 5. The molecule has 0 fully saturated rings. The number of carbonyl (C=O) groups excluding carboxylic acids is 3. The normalized spacial score (nSPS) is 11.5. The standard InChI is InChI=1S/C20H29FN2O5/c1-19(2,3)27-17(25)22-23(18(26)28-20(4,5)6)13-7-8-16(24)14-9-11-15(21)12-10-14/h9-12H,7-8,13H2,1-6H3,(H,22,25). The zero-order chi connectivity index (χ0) is 21.5. The van der Waals surface area contributed by atoms with Crippen molar-refractivity contribution in [1.82, 2.24) is 10.4 Å². The third-order valence-corrected chi connectivity index (χ3v) is 3.19. The van der Waals surface area contributed by atoms with E-state index in [1.807, 2.05) is 0 Å². The van der Waals surface area contributed by atoms with E-state index in [2.05, 4.69) is 5.43 Å². The Morgan fingerprint density at radius 2 is 1.50 bits per heavy atom. The van der Waals surface area contributed by atoms with Gasteiger partial charge in [0.15, 0.2) is 5.78 Å². The Morgan fingerprint density at radius 3 is 2.00 bits per heavy atom. The molecule has 0 radical (unpaired) electrons. The van der Waals surface area contributed by atoms with Crippen LogP contribution in [-0.4, -0.2) is 40.7 Å². The third-order valence-electron chi connectivity index (χ3n) is 3.19. The van der Waals surface area contributed by atoms with Crippen molar-refractivity contribution in [1.29, 1.82) is 0 Å². The summed E-state index contributed by atoms with van der Waals surface area (Å²) in [6, 6.07) is 5.24. The zero-order valence-corrected chi connectivity index (χ0v) is 17.3. The van der Waals surface area contributed by atoms with Crippen LogP contribution in [0.2, 0.25) is 0 Å². The van der Waals surface area contributed by atoms with Crippen LogP contribution < -0.4 is 5.43 Å². The van der Waals surface area contributed by atoms with E-state index in [1.165, 1.54) is 24.3 Å². The molecule has 0 heterocycles. The highest BCUT2D eigenvalue weighted by molar-refractivity contribution is 5.96. The van der Waals surface area contributed by atoms with E-state index < -0.39 is 29.2 Å². The molecule has 0 aliphatic carbocycles. The summed E-state index contributed by atoms with van der Waals surface area (Å²) in [5.74, 6) is -0.615. The number of halogens is 1. The molecule has 0 atom stereocenters. The van der Waals surface area contributed by atoms with Crippen LogP contribution in [0.3, 0.4) is 0 Å². The lowest BCUT2D eigenvalue weighted by atomic mass is 10.1. The topological polar surface area (TPSA) is 84.9 Å². The van der Waals surface area contributed by atoms with Crippen LogP contribution in [0.1, 0.15) is 64.7 Å². The number of hydrogen-bond donors (Lipinski definition) is 1. The zero-order valence-electron chi connectivity index (χ0n) is 17.3. The molecule has 1 aromatic carbocycles. The highest BCUT2D eigenvalue weighted by Crippen LogP contribution is 2.12. The van der Waals surface area contributed by atoms with Gasteiger partial charge in [-0.1, -0.05) is 0 Å². The van der Waals surface area contributed by atoms with Crippen LogP contribution in [0.15, 0.2) is 24.3 Å².